The lowest BCUT2D eigenvalue weighted by Crippen LogP contribution is -2.40. The van der Waals surface area contributed by atoms with Crippen molar-refractivity contribution in [3.05, 3.63) is 83.8 Å². The number of aryl methyl sites for hydroxylation is 1. The molecule has 1 aliphatic rings. The number of anilines is 1. The summed E-state index contributed by atoms with van der Waals surface area (Å²) in [6.45, 7) is 4.32. The highest BCUT2D eigenvalue weighted by Gasteiger charge is 2.25. The summed E-state index contributed by atoms with van der Waals surface area (Å²) in [5.41, 5.74) is 1.95. The third-order valence-electron chi connectivity index (χ3n) is 6.33. The zero-order chi connectivity index (χ0) is 24.1. The Morgan fingerprint density at radius 3 is 2.32 bits per heavy atom. The Morgan fingerprint density at radius 1 is 1.03 bits per heavy atom. The second-order valence-corrected chi connectivity index (χ2v) is 10.6. The Bertz CT molecular complexity index is 1180. The molecule has 1 unspecified atom stereocenters. The first-order valence-corrected chi connectivity index (χ1v) is 13.0. The minimum absolute atomic E-state index is 0.00990. The van der Waals surface area contributed by atoms with Crippen LogP contribution in [0.4, 0.5) is 5.69 Å². The topological polar surface area (TPSA) is 82.9 Å². The molecule has 1 saturated heterocycles. The van der Waals surface area contributed by atoms with E-state index in [4.69, 9.17) is 4.42 Å². The molecule has 1 aliphatic heterocycles. The molecule has 2 heterocycles. The molecule has 1 fully saturated rings. The van der Waals surface area contributed by atoms with Gasteiger partial charge in [0.2, 0.25) is 0 Å². The molecule has 0 bridgehead atoms. The number of likely N-dealkylation sites (tertiary alicyclic amines) is 1. The lowest BCUT2D eigenvalue weighted by Gasteiger charge is -2.33. The van der Waals surface area contributed by atoms with E-state index in [2.05, 4.69) is 10.2 Å². The van der Waals surface area contributed by atoms with Crippen molar-refractivity contribution in [3.8, 4) is 0 Å². The van der Waals surface area contributed by atoms with Crippen LogP contribution in [-0.2, 0) is 10.0 Å². The van der Waals surface area contributed by atoms with Crippen LogP contribution in [-0.4, -0.2) is 45.9 Å². The van der Waals surface area contributed by atoms with E-state index in [1.54, 1.807) is 54.8 Å². The highest BCUT2D eigenvalue weighted by Crippen LogP contribution is 2.25. The molecule has 0 saturated carbocycles. The van der Waals surface area contributed by atoms with Gasteiger partial charge in [-0.05, 0) is 81.4 Å². The molecule has 4 rings (SSSR count). The number of carbonyl (C=O) groups is 1. The van der Waals surface area contributed by atoms with E-state index < -0.39 is 10.0 Å². The Hall–Kier alpha value is -3.10. The Labute approximate surface area is 201 Å². The van der Waals surface area contributed by atoms with E-state index in [9.17, 15) is 13.2 Å². The van der Waals surface area contributed by atoms with Gasteiger partial charge in [-0.2, -0.15) is 0 Å². The van der Waals surface area contributed by atoms with E-state index in [1.807, 2.05) is 19.1 Å². The number of furan rings is 1. The van der Waals surface area contributed by atoms with Crippen molar-refractivity contribution in [1.82, 2.24) is 10.2 Å². The zero-order valence-electron chi connectivity index (χ0n) is 19.6. The average molecular weight is 482 g/mol. The fourth-order valence-electron chi connectivity index (χ4n) is 4.24. The van der Waals surface area contributed by atoms with Gasteiger partial charge in [-0.15, -0.1) is 0 Å². The molecule has 1 atom stereocenters. The van der Waals surface area contributed by atoms with Gasteiger partial charge in [-0.3, -0.25) is 14.0 Å². The van der Waals surface area contributed by atoms with Gasteiger partial charge in [0.15, 0.2) is 0 Å². The van der Waals surface area contributed by atoms with Crippen LogP contribution >= 0.6 is 0 Å². The molecule has 0 aliphatic carbocycles. The monoisotopic (exact) mass is 481 g/mol. The number of hydrogen-bond donors (Lipinski definition) is 1. The van der Waals surface area contributed by atoms with Crippen molar-refractivity contribution in [2.75, 3.05) is 31.0 Å². The molecule has 2 aromatic carbocycles. The van der Waals surface area contributed by atoms with Crippen molar-refractivity contribution < 1.29 is 17.6 Å². The molecule has 1 N–H and O–H groups in total. The number of piperidine rings is 1. The second-order valence-electron chi connectivity index (χ2n) is 8.67. The van der Waals surface area contributed by atoms with Crippen molar-refractivity contribution in [1.29, 1.82) is 0 Å². The Kier molecular flexibility index (Phi) is 7.38. The number of amides is 1. The van der Waals surface area contributed by atoms with Gasteiger partial charge in [0.25, 0.3) is 15.9 Å². The van der Waals surface area contributed by atoms with Gasteiger partial charge in [0, 0.05) is 19.2 Å². The van der Waals surface area contributed by atoms with Gasteiger partial charge in [-0.25, -0.2) is 8.42 Å². The van der Waals surface area contributed by atoms with Crippen molar-refractivity contribution >= 4 is 21.6 Å². The van der Waals surface area contributed by atoms with Crippen molar-refractivity contribution in [2.24, 2.45) is 0 Å². The van der Waals surface area contributed by atoms with Crippen LogP contribution in [0.3, 0.4) is 0 Å². The lowest BCUT2D eigenvalue weighted by molar-refractivity contribution is 0.0914. The smallest absolute Gasteiger partial charge is 0.264 e. The molecule has 0 radical (unpaired) electrons. The van der Waals surface area contributed by atoms with E-state index in [1.165, 1.54) is 17.8 Å². The normalized spacial score (nSPS) is 15.6. The fourth-order valence-corrected chi connectivity index (χ4v) is 5.44. The molecule has 0 spiro atoms. The number of sulfonamides is 1. The minimum Gasteiger partial charge on any atom is -0.468 e. The Balaban J connectivity index is 1.42. The number of nitrogens with zero attached hydrogens (tertiary/aromatic N) is 2. The number of carbonyl (C=O) groups excluding carboxylic acids is 1. The quantitative estimate of drug-likeness (QED) is 0.517. The second kappa shape index (κ2) is 10.4. The summed E-state index contributed by atoms with van der Waals surface area (Å²) in [5, 5.41) is 3.02. The zero-order valence-corrected chi connectivity index (χ0v) is 20.4. The number of hydrogen-bond acceptors (Lipinski definition) is 5. The van der Waals surface area contributed by atoms with Gasteiger partial charge >= 0.3 is 0 Å². The van der Waals surface area contributed by atoms with Gasteiger partial charge in [-0.1, -0.05) is 24.1 Å². The molecular formula is C26H31N3O4S. The average Bonchev–Trinajstić information content (AvgIpc) is 3.39. The summed E-state index contributed by atoms with van der Waals surface area (Å²) in [5.74, 6) is 0.643. The first-order valence-electron chi connectivity index (χ1n) is 11.6. The van der Waals surface area contributed by atoms with Crippen LogP contribution in [0.15, 0.2) is 76.2 Å². The van der Waals surface area contributed by atoms with Gasteiger partial charge < -0.3 is 9.73 Å². The maximum Gasteiger partial charge on any atom is 0.264 e. The van der Waals surface area contributed by atoms with E-state index in [-0.39, 0.29) is 16.8 Å². The minimum atomic E-state index is -3.68. The van der Waals surface area contributed by atoms with Crippen LogP contribution in [0, 0.1) is 6.92 Å². The van der Waals surface area contributed by atoms with Crippen LogP contribution in [0.2, 0.25) is 0 Å². The first-order chi connectivity index (χ1) is 16.4. The lowest BCUT2D eigenvalue weighted by atomic mass is 10.1. The van der Waals surface area contributed by atoms with Crippen LogP contribution in [0.25, 0.3) is 0 Å². The molecular weight excluding hydrogens is 450 g/mol. The third kappa shape index (κ3) is 5.34. The molecule has 8 heteroatoms. The standard InChI is InChI=1S/C26H31N3O4S/c1-20-8-14-23(15-9-20)34(31,32)28(2)22-12-10-21(11-13-22)26(30)27-19-24(25-7-6-18-33-25)29-16-4-3-5-17-29/h6-15,18,24H,3-5,16-17,19H2,1-2H3,(H,27,30). The summed E-state index contributed by atoms with van der Waals surface area (Å²) in [6, 6.07) is 17.1. The molecule has 180 valence electrons. The largest absolute Gasteiger partial charge is 0.468 e. The Morgan fingerprint density at radius 2 is 1.71 bits per heavy atom. The number of rotatable bonds is 8. The summed E-state index contributed by atoms with van der Waals surface area (Å²) in [4.78, 5) is 15.4. The van der Waals surface area contributed by atoms with Gasteiger partial charge in [0.1, 0.15) is 5.76 Å². The summed E-state index contributed by atoms with van der Waals surface area (Å²) in [7, 11) is -2.17. The molecule has 7 nitrogen and oxygen atoms in total. The SMILES string of the molecule is Cc1ccc(S(=O)(=O)N(C)c2ccc(C(=O)NCC(c3ccco3)N3CCCCC3)cc2)cc1. The van der Waals surface area contributed by atoms with E-state index in [0.29, 0.717) is 17.8 Å². The third-order valence-corrected chi connectivity index (χ3v) is 8.13. The van der Waals surface area contributed by atoms with E-state index >= 15 is 0 Å². The predicted molar refractivity (Wildman–Crippen MR) is 132 cm³/mol. The fraction of sp³-hybridized carbons (Fsp3) is 0.346. The molecule has 3 aromatic rings. The summed E-state index contributed by atoms with van der Waals surface area (Å²) in [6.07, 6.45) is 5.18. The maximum absolute atomic E-state index is 12.9. The molecule has 1 aromatic heterocycles. The van der Waals surface area contributed by atoms with Crippen molar-refractivity contribution in [3.63, 3.8) is 0 Å². The first kappa shape index (κ1) is 24.0. The van der Waals surface area contributed by atoms with Crippen LogP contribution in [0.5, 0.6) is 0 Å². The number of benzene rings is 2. The maximum atomic E-state index is 12.9. The highest BCUT2D eigenvalue weighted by atomic mass is 32.2. The summed E-state index contributed by atoms with van der Waals surface area (Å²) >= 11 is 0. The van der Waals surface area contributed by atoms with Crippen LogP contribution in [0.1, 0.15) is 47.0 Å². The molecule has 1 amide bonds. The highest BCUT2D eigenvalue weighted by molar-refractivity contribution is 7.92. The van der Waals surface area contributed by atoms with Crippen LogP contribution < -0.4 is 9.62 Å². The van der Waals surface area contributed by atoms with Crippen molar-refractivity contribution in [2.45, 2.75) is 37.1 Å². The molecule has 34 heavy (non-hydrogen) atoms. The number of nitrogens with one attached hydrogen (secondary N) is 1. The van der Waals surface area contributed by atoms with E-state index in [0.717, 1.165) is 37.3 Å². The van der Waals surface area contributed by atoms with Gasteiger partial charge in [0.05, 0.1) is 22.9 Å². The predicted octanol–water partition coefficient (Wildman–Crippen LogP) is 4.37. The summed E-state index contributed by atoms with van der Waals surface area (Å²) < 4.78 is 32.7.